The third kappa shape index (κ3) is 11.1. The lowest BCUT2D eigenvalue weighted by Crippen LogP contribution is -2.52. The van der Waals surface area contributed by atoms with Gasteiger partial charge in [-0.25, -0.2) is 0 Å². The molecule has 6 nitrogen and oxygen atoms in total. The van der Waals surface area contributed by atoms with Gasteiger partial charge < -0.3 is 29.9 Å². The zero-order valence-corrected chi connectivity index (χ0v) is 21.7. The van der Waals surface area contributed by atoms with Crippen LogP contribution in [0.1, 0.15) is 46.1 Å². The van der Waals surface area contributed by atoms with Crippen LogP contribution in [0.25, 0.3) is 0 Å². The molecule has 3 rings (SSSR count). The molecule has 1 saturated heterocycles. The standard InChI is InChI=1S/C20H24ClF3O5.2C2H6.CH4O/c21-15-6-3-12(17-9-16(26)19(27)18(10-25)28-17)8-13(15)7-11-1-4-14(5-2-11)29-20(22,23)24;3*1-2/h1-6,12-13,15-19,25-27H,7-10H2;2*1-2H3;2H,1H3/t12?,13?,15?,16?,17?,18?,19-;;;/m0.../s1. The second kappa shape index (κ2) is 17.2. The molecule has 1 heterocycles. The number of hydrogen-bond donors (Lipinski definition) is 4. The molecule has 0 saturated carbocycles. The maximum atomic E-state index is 12.3. The van der Waals surface area contributed by atoms with Gasteiger partial charge in [-0.05, 0) is 36.5 Å². The van der Waals surface area contributed by atoms with Crippen molar-refractivity contribution in [3.8, 4) is 5.75 Å². The van der Waals surface area contributed by atoms with Crippen molar-refractivity contribution in [3.05, 3.63) is 42.0 Å². The van der Waals surface area contributed by atoms with E-state index < -0.39 is 24.7 Å². The van der Waals surface area contributed by atoms with E-state index in [0.29, 0.717) is 12.8 Å². The van der Waals surface area contributed by atoms with Crippen LogP contribution in [-0.2, 0) is 11.2 Å². The number of aliphatic hydroxyl groups excluding tert-OH is 4. The molecule has 10 heteroatoms. The summed E-state index contributed by atoms with van der Waals surface area (Å²) >= 11 is 6.43. The number of ether oxygens (including phenoxy) is 2. The van der Waals surface area contributed by atoms with Crippen molar-refractivity contribution in [1.82, 2.24) is 0 Å². The Hall–Kier alpha value is -1.36. The van der Waals surface area contributed by atoms with Crippen molar-refractivity contribution in [3.63, 3.8) is 0 Å². The fourth-order valence-corrected chi connectivity index (χ4v) is 4.25. The van der Waals surface area contributed by atoms with Crippen LogP contribution in [0.2, 0.25) is 0 Å². The van der Waals surface area contributed by atoms with E-state index >= 15 is 0 Å². The fourth-order valence-electron chi connectivity index (χ4n) is 3.98. The van der Waals surface area contributed by atoms with E-state index in [9.17, 15) is 28.5 Å². The van der Waals surface area contributed by atoms with Crippen LogP contribution in [0.5, 0.6) is 5.75 Å². The molecule has 0 amide bonds. The molecule has 1 aromatic carbocycles. The van der Waals surface area contributed by atoms with Crippen LogP contribution in [0.4, 0.5) is 13.2 Å². The van der Waals surface area contributed by atoms with Crippen LogP contribution in [-0.4, -0.2) is 70.3 Å². The Bertz CT molecular complexity index is 701. The molecule has 2 aliphatic rings. The van der Waals surface area contributed by atoms with Crippen molar-refractivity contribution >= 4 is 11.6 Å². The minimum atomic E-state index is -4.73. The van der Waals surface area contributed by atoms with Gasteiger partial charge in [0.1, 0.15) is 18.0 Å². The van der Waals surface area contributed by atoms with Crippen molar-refractivity contribution in [1.29, 1.82) is 0 Å². The Labute approximate surface area is 211 Å². The van der Waals surface area contributed by atoms with E-state index in [-0.39, 0.29) is 42.1 Å². The average molecular weight is 529 g/mol. The Morgan fingerprint density at radius 2 is 1.57 bits per heavy atom. The molecule has 0 radical (unpaired) electrons. The summed E-state index contributed by atoms with van der Waals surface area (Å²) in [5.41, 5.74) is 0.831. The Morgan fingerprint density at radius 3 is 2.09 bits per heavy atom. The highest BCUT2D eigenvalue weighted by molar-refractivity contribution is 6.22. The second-order valence-corrected chi connectivity index (χ2v) is 8.08. The molecule has 7 atom stereocenters. The fraction of sp³-hybridized carbons (Fsp3) is 0.680. The summed E-state index contributed by atoms with van der Waals surface area (Å²) < 4.78 is 46.5. The summed E-state index contributed by atoms with van der Waals surface area (Å²) in [5.74, 6) is -0.316. The number of hydrogen-bond acceptors (Lipinski definition) is 6. The van der Waals surface area contributed by atoms with Crippen molar-refractivity contribution < 1.29 is 43.1 Å². The third-order valence-corrected chi connectivity index (χ3v) is 5.98. The van der Waals surface area contributed by atoms with E-state index in [0.717, 1.165) is 12.7 Å². The Kier molecular flexibility index (Phi) is 16.5. The predicted octanol–water partition coefficient (Wildman–Crippen LogP) is 4.46. The summed E-state index contributed by atoms with van der Waals surface area (Å²) in [6.45, 7) is 7.61. The predicted molar refractivity (Wildman–Crippen MR) is 130 cm³/mol. The van der Waals surface area contributed by atoms with E-state index in [1.807, 2.05) is 39.8 Å². The summed E-state index contributed by atoms with van der Waals surface area (Å²) in [4.78, 5) is 0. The normalized spacial score (nSPS) is 29.9. The van der Waals surface area contributed by atoms with Gasteiger partial charge in [0.05, 0.1) is 24.2 Å². The van der Waals surface area contributed by atoms with E-state index in [2.05, 4.69) is 4.74 Å². The minimum Gasteiger partial charge on any atom is -0.406 e. The van der Waals surface area contributed by atoms with Crippen LogP contribution >= 0.6 is 11.6 Å². The lowest BCUT2D eigenvalue weighted by atomic mass is 9.78. The lowest BCUT2D eigenvalue weighted by Gasteiger charge is -2.41. The first-order chi connectivity index (χ1) is 16.7. The zero-order chi connectivity index (χ0) is 27.2. The third-order valence-electron chi connectivity index (χ3n) is 5.48. The molecule has 6 unspecified atom stereocenters. The molecule has 1 aliphatic heterocycles. The minimum absolute atomic E-state index is 0.0150. The number of rotatable bonds is 5. The molecule has 0 spiro atoms. The molecule has 1 aromatic rings. The lowest BCUT2D eigenvalue weighted by molar-refractivity contribution is -0.274. The van der Waals surface area contributed by atoms with Gasteiger partial charge in [0.15, 0.2) is 0 Å². The van der Waals surface area contributed by atoms with Gasteiger partial charge in [-0.2, -0.15) is 0 Å². The van der Waals surface area contributed by atoms with Crippen molar-refractivity contribution in [2.24, 2.45) is 11.8 Å². The van der Waals surface area contributed by atoms with Crippen LogP contribution in [0, 0.1) is 11.8 Å². The number of halogens is 4. The monoisotopic (exact) mass is 528 g/mol. The van der Waals surface area contributed by atoms with E-state index in [1.54, 1.807) is 12.1 Å². The van der Waals surface area contributed by atoms with Gasteiger partial charge in [-0.1, -0.05) is 52.0 Å². The highest BCUT2D eigenvalue weighted by Crippen LogP contribution is 2.36. The van der Waals surface area contributed by atoms with Gasteiger partial charge >= 0.3 is 6.36 Å². The molecule has 4 N–H and O–H groups in total. The number of alkyl halides is 4. The summed E-state index contributed by atoms with van der Waals surface area (Å²) in [6, 6.07) is 5.71. The number of benzene rings is 1. The van der Waals surface area contributed by atoms with Gasteiger partial charge in [-0.15, -0.1) is 24.8 Å². The van der Waals surface area contributed by atoms with Crippen molar-refractivity contribution in [2.75, 3.05) is 13.7 Å². The first-order valence-electron chi connectivity index (χ1n) is 11.9. The van der Waals surface area contributed by atoms with E-state index in [1.165, 1.54) is 12.1 Å². The van der Waals surface area contributed by atoms with Crippen molar-refractivity contribution in [2.45, 2.75) is 83.1 Å². The first kappa shape index (κ1) is 33.6. The van der Waals surface area contributed by atoms with Crippen LogP contribution < -0.4 is 4.74 Å². The average Bonchev–Trinajstić information content (AvgIpc) is 2.86. The summed E-state index contributed by atoms with van der Waals surface area (Å²) in [7, 11) is 1.00. The Morgan fingerprint density at radius 1 is 1.00 bits per heavy atom. The highest BCUT2D eigenvalue weighted by atomic mass is 35.5. The summed E-state index contributed by atoms with van der Waals surface area (Å²) in [6.07, 6.45) is -2.80. The first-order valence-corrected chi connectivity index (χ1v) is 12.3. The molecular weight excluding hydrogens is 489 g/mol. The maximum absolute atomic E-state index is 12.3. The SMILES string of the molecule is CC.CC.CO.OCC1OC(C2C=CC(Cl)C(Cc3ccc(OC(F)(F)F)cc3)C2)CC(O)[C@@H]1O. The number of aliphatic hydroxyl groups is 4. The van der Waals surface area contributed by atoms with Gasteiger partial charge in [0, 0.05) is 19.4 Å². The topological polar surface area (TPSA) is 99.4 Å². The summed E-state index contributed by atoms with van der Waals surface area (Å²) in [5, 5.41) is 36.1. The molecule has 0 aromatic heterocycles. The molecule has 1 aliphatic carbocycles. The molecule has 0 bridgehead atoms. The number of allylic oxidation sites excluding steroid dienone is 1. The molecule has 1 fully saturated rings. The highest BCUT2D eigenvalue weighted by Gasteiger charge is 2.40. The molecule has 204 valence electrons. The van der Waals surface area contributed by atoms with Crippen LogP contribution in [0.15, 0.2) is 36.4 Å². The molecule has 35 heavy (non-hydrogen) atoms. The quantitative estimate of drug-likeness (QED) is 0.333. The Balaban J connectivity index is 0.00000179. The van der Waals surface area contributed by atoms with Gasteiger partial charge in [0.2, 0.25) is 0 Å². The smallest absolute Gasteiger partial charge is 0.406 e. The maximum Gasteiger partial charge on any atom is 0.573 e. The van der Waals surface area contributed by atoms with Gasteiger partial charge in [0.25, 0.3) is 0 Å². The second-order valence-electron chi connectivity index (χ2n) is 7.57. The molecular formula is C25H40ClF3O6. The zero-order valence-electron chi connectivity index (χ0n) is 21.0. The van der Waals surface area contributed by atoms with E-state index in [4.69, 9.17) is 21.4 Å². The van der Waals surface area contributed by atoms with Gasteiger partial charge in [-0.3, -0.25) is 0 Å². The largest absolute Gasteiger partial charge is 0.573 e. The van der Waals surface area contributed by atoms with Crippen LogP contribution in [0.3, 0.4) is 0 Å².